The molecule has 0 unspecified atom stereocenters. The van der Waals surface area contributed by atoms with E-state index in [-0.39, 0.29) is 5.91 Å². The summed E-state index contributed by atoms with van der Waals surface area (Å²) >= 11 is 3.46. The van der Waals surface area contributed by atoms with E-state index >= 15 is 0 Å². The van der Waals surface area contributed by atoms with Crippen LogP contribution in [0, 0.1) is 18.8 Å². The molecule has 0 saturated heterocycles. The lowest BCUT2D eigenvalue weighted by Crippen LogP contribution is -2.38. The van der Waals surface area contributed by atoms with Crippen LogP contribution in [0.3, 0.4) is 0 Å². The molecule has 0 radical (unpaired) electrons. The molecule has 2 fully saturated rings. The van der Waals surface area contributed by atoms with Crippen molar-refractivity contribution < 1.29 is 4.79 Å². The van der Waals surface area contributed by atoms with Crippen molar-refractivity contribution in [1.29, 1.82) is 0 Å². The van der Waals surface area contributed by atoms with Crippen LogP contribution in [0.2, 0.25) is 0 Å². The number of carbonyl (C=O) groups excluding carboxylic acids is 1. The molecule has 0 spiro atoms. The Kier molecular flexibility index (Phi) is 3.71. The van der Waals surface area contributed by atoms with E-state index in [1.54, 1.807) is 4.68 Å². The number of benzene rings is 1. The molecule has 6 heteroatoms. The number of hydrogen-bond acceptors (Lipinski definition) is 3. The lowest BCUT2D eigenvalue weighted by molar-refractivity contribution is 0.0920. The number of rotatable bonds is 5. The van der Waals surface area contributed by atoms with Gasteiger partial charge < -0.3 is 5.32 Å². The average Bonchev–Trinajstić information content (AvgIpc) is 3.43. The molecule has 1 N–H and O–H groups in total. The van der Waals surface area contributed by atoms with E-state index in [1.807, 2.05) is 31.2 Å². The van der Waals surface area contributed by atoms with Gasteiger partial charge in [-0.1, -0.05) is 27.2 Å². The number of aromatic nitrogens is 3. The highest BCUT2D eigenvalue weighted by Gasteiger charge is 2.42. The third-order valence-corrected chi connectivity index (χ3v) is 5.21. The van der Waals surface area contributed by atoms with Crippen LogP contribution >= 0.6 is 15.9 Å². The highest BCUT2D eigenvalue weighted by atomic mass is 79.9. The molecule has 0 aliphatic heterocycles. The molecule has 2 saturated carbocycles. The van der Waals surface area contributed by atoms with E-state index < -0.39 is 0 Å². The van der Waals surface area contributed by atoms with Crippen LogP contribution in [0.15, 0.2) is 28.7 Å². The summed E-state index contributed by atoms with van der Waals surface area (Å²) < 4.78 is 2.68. The lowest BCUT2D eigenvalue weighted by Gasteiger charge is -2.16. The maximum absolute atomic E-state index is 12.6. The second kappa shape index (κ2) is 5.74. The van der Waals surface area contributed by atoms with Crippen LogP contribution < -0.4 is 5.32 Å². The number of nitrogens with zero attached hydrogens (tertiary/aromatic N) is 3. The first kappa shape index (κ1) is 14.9. The van der Waals surface area contributed by atoms with Gasteiger partial charge in [-0.3, -0.25) is 4.79 Å². The molecule has 0 bridgehead atoms. The standard InChI is InChI=1S/C17H19BrN4O/c1-10-15(17(23)19-16(11-5-6-11)12-7-8-12)20-21-22(10)14-4-2-3-13(18)9-14/h2-4,9,11-12,16H,5-8H2,1H3,(H,19,23). The topological polar surface area (TPSA) is 59.8 Å². The molecule has 0 atom stereocenters. The minimum atomic E-state index is -0.0902. The van der Waals surface area contributed by atoms with E-state index in [2.05, 4.69) is 31.6 Å². The molecular formula is C17H19BrN4O. The van der Waals surface area contributed by atoms with Gasteiger partial charge in [0, 0.05) is 10.5 Å². The fourth-order valence-electron chi connectivity index (χ4n) is 3.14. The summed E-state index contributed by atoms with van der Waals surface area (Å²) in [5, 5.41) is 11.5. The molecule has 1 heterocycles. The van der Waals surface area contributed by atoms with Crippen molar-refractivity contribution in [2.45, 2.75) is 38.6 Å². The SMILES string of the molecule is Cc1c(C(=O)NC(C2CC2)C2CC2)nnn1-c1cccc(Br)c1. The zero-order valence-corrected chi connectivity index (χ0v) is 14.6. The summed E-state index contributed by atoms with van der Waals surface area (Å²) in [5.74, 6) is 1.26. The minimum absolute atomic E-state index is 0.0902. The van der Waals surface area contributed by atoms with Gasteiger partial charge in [0.25, 0.3) is 5.91 Å². The third kappa shape index (κ3) is 3.04. The predicted molar refractivity (Wildman–Crippen MR) is 90.5 cm³/mol. The molecule has 2 aromatic rings. The lowest BCUT2D eigenvalue weighted by atomic mass is 10.1. The van der Waals surface area contributed by atoms with E-state index in [4.69, 9.17) is 0 Å². The first-order chi connectivity index (χ1) is 11.1. The molecule has 1 amide bonds. The second-order valence-corrected chi connectivity index (χ2v) is 7.50. The Morgan fingerprint density at radius 1 is 1.30 bits per heavy atom. The predicted octanol–water partition coefficient (Wildman–Crippen LogP) is 3.26. The summed E-state index contributed by atoms with van der Waals surface area (Å²) in [6.07, 6.45) is 4.96. The number of halogens is 1. The molecule has 1 aromatic heterocycles. The Labute approximate surface area is 143 Å². The smallest absolute Gasteiger partial charge is 0.274 e. The minimum Gasteiger partial charge on any atom is -0.347 e. The van der Waals surface area contributed by atoms with Crippen LogP contribution in [-0.2, 0) is 0 Å². The normalized spacial score (nSPS) is 17.5. The van der Waals surface area contributed by atoms with Crippen LogP contribution in [0.5, 0.6) is 0 Å². The van der Waals surface area contributed by atoms with Gasteiger partial charge in [-0.2, -0.15) is 0 Å². The Bertz CT molecular complexity index is 737. The Balaban J connectivity index is 1.56. The van der Waals surface area contributed by atoms with Crippen molar-refractivity contribution in [3.8, 4) is 5.69 Å². The molecule has 1 aromatic carbocycles. The van der Waals surface area contributed by atoms with Gasteiger partial charge in [-0.15, -0.1) is 5.10 Å². The molecule has 2 aliphatic rings. The van der Waals surface area contributed by atoms with Gasteiger partial charge in [0.05, 0.1) is 11.4 Å². The first-order valence-electron chi connectivity index (χ1n) is 8.12. The van der Waals surface area contributed by atoms with Crippen LogP contribution in [-0.4, -0.2) is 26.9 Å². The molecule has 5 nitrogen and oxygen atoms in total. The molecular weight excluding hydrogens is 356 g/mol. The average molecular weight is 375 g/mol. The summed E-state index contributed by atoms with van der Waals surface area (Å²) in [7, 11) is 0. The van der Waals surface area contributed by atoms with Gasteiger partial charge in [-0.05, 0) is 62.6 Å². The second-order valence-electron chi connectivity index (χ2n) is 6.59. The maximum atomic E-state index is 12.6. The highest BCUT2D eigenvalue weighted by Crippen LogP contribution is 2.44. The van der Waals surface area contributed by atoms with Crippen molar-refractivity contribution >= 4 is 21.8 Å². The number of amides is 1. The number of nitrogens with one attached hydrogen (secondary N) is 1. The van der Waals surface area contributed by atoms with Crippen LogP contribution in [0.4, 0.5) is 0 Å². The fourth-order valence-corrected chi connectivity index (χ4v) is 3.53. The maximum Gasteiger partial charge on any atom is 0.274 e. The van der Waals surface area contributed by atoms with Crippen molar-refractivity contribution in [2.24, 2.45) is 11.8 Å². The van der Waals surface area contributed by atoms with E-state index in [9.17, 15) is 4.79 Å². The Hall–Kier alpha value is -1.69. The van der Waals surface area contributed by atoms with Crippen LogP contribution in [0.25, 0.3) is 5.69 Å². The summed E-state index contributed by atoms with van der Waals surface area (Å²) in [5.41, 5.74) is 2.09. The van der Waals surface area contributed by atoms with Crippen molar-refractivity contribution in [1.82, 2.24) is 20.3 Å². The fraction of sp³-hybridized carbons (Fsp3) is 0.471. The summed E-state index contributed by atoms with van der Waals surface area (Å²) in [4.78, 5) is 12.6. The molecule has 23 heavy (non-hydrogen) atoms. The zero-order valence-electron chi connectivity index (χ0n) is 13.0. The van der Waals surface area contributed by atoms with Crippen molar-refractivity contribution in [3.05, 3.63) is 40.1 Å². The van der Waals surface area contributed by atoms with Crippen LogP contribution in [0.1, 0.15) is 41.9 Å². The summed E-state index contributed by atoms with van der Waals surface area (Å²) in [6, 6.07) is 8.14. The summed E-state index contributed by atoms with van der Waals surface area (Å²) in [6.45, 7) is 1.89. The van der Waals surface area contributed by atoms with E-state index in [1.165, 1.54) is 25.7 Å². The molecule has 120 valence electrons. The largest absolute Gasteiger partial charge is 0.347 e. The van der Waals surface area contributed by atoms with Gasteiger partial charge in [0.2, 0.25) is 0 Å². The quantitative estimate of drug-likeness (QED) is 0.873. The molecule has 4 rings (SSSR count). The van der Waals surface area contributed by atoms with Crippen molar-refractivity contribution in [3.63, 3.8) is 0 Å². The number of carbonyl (C=O) groups is 1. The highest BCUT2D eigenvalue weighted by molar-refractivity contribution is 9.10. The van der Waals surface area contributed by atoms with E-state index in [0.29, 0.717) is 23.6 Å². The van der Waals surface area contributed by atoms with Gasteiger partial charge in [0.15, 0.2) is 5.69 Å². The molecule has 2 aliphatic carbocycles. The Morgan fingerprint density at radius 2 is 2.00 bits per heavy atom. The van der Waals surface area contributed by atoms with Gasteiger partial charge in [0.1, 0.15) is 0 Å². The monoisotopic (exact) mass is 374 g/mol. The third-order valence-electron chi connectivity index (χ3n) is 4.72. The zero-order chi connectivity index (χ0) is 16.0. The van der Waals surface area contributed by atoms with Gasteiger partial charge in [-0.25, -0.2) is 4.68 Å². The first-order valence-corrected chi connectivity index (χ1v) is 8.92. The van der Waals surface area contributed by atoms with Gasteiger partial charge >= 0.3 is 0 Å². The number of hydrogen-bond donors (Lipinski definition) is 1. The van der Waals surface area contributed by atoms with E-state index in [0.717, 1.165) is 15.9 Å². The Morgan fingerprint density at radius 3 is 2.61 bits per heavy atom. The van der Waals surface area contributed by atoms with Crippen molar-refractivity contribution in [2.75, 3.05) is 0 Å².